The average molecular weight is 457 g/mol. The lowest BCUT2D eigenvalue weighted by atomic mass is 10.1. The Hall–Kier alpha value is -3.02. The van der Waals surface area contributed by atoms with Gasteiger partial charge in [0.2, 0.25) is 0 Å². The minimum absolute atomic E-state index is 0.0348. The largest absolute Gasteiger partial charge is 0.493 e. The van der Waals surface area contributed by atoms with Gasteiger partial charge in [0.05, 0.1) is 24.3 Å². The third kappa shape index (κ3) is 9.16. The first-order valence-electron chi connectivity index (χ1n) is 11.7. The maximum Gasteiger partial charge on any atom is 0.338 e. The molecule has 0 bridgehead atoms. The Labute approximate surface area is 197 Å². The highest BCUT2D eigenvalue weighted by molar-refractivity contribution is 5.90. The van der Waals surface area contributed by atoms with Crippen molar-refractivity contribution >= 4 is 11.9 Å². The van der Waals surface area contributed by atoms with Crippen molar-refractivity contribution in [3.05, 3.63) is 59.7 Å². The number of carbonyl (C=O) groups is 2. The Bertz CT molecular complexity index is 859. The number of carbonyl (C=O) groups excluding carboxylic acids is 2. The van der Waals surface area contributed by atoms with Crippen molar-refractivity contribution in [2.75, 3.05) is 19.8 Å². The number of rotatable bonds is 13. The molecule has 2 aromatic carbocycles. The second-order valence-electron chi connectivity index (χ2n) is 8.51. The summed E-state index contributed by atoms with van der Waals surface area (Å²) in [7, 11) is 0. The average Bonchev–Trinajstić information content (AvgIpc) is 2.84. The summed E-state index contributed by atoms with van der Waals surface area (Å²) in [6.45, 7) is 11.4. The smallest absolute Gasteiger partial charge is 0.338 e. The van der Waals surface area contributed by atoms with Crippen LogP contribution in [0.1, 0.15) is 68.2 Å². The molecule has 0 spiro atoms. The molecule has 0 aliphatic carbocycles. The lowest BCUT2D eigenvalue weighted by molar-refractivity contribution is 0.00447. The van der Waals surface area contributed by atoms with E-state index in [-0.39, 0.29) is 6.61 Å². The highest BCUT2D eigenvalue weighted by atomic mass is 16.6. The van der Waals surface area contributed by atoms with Crippen molar-refractivity contribution in [3.8, 4) is 11.5 Å². The fourth-order valence-corrected chi connectivity index (χ4v) is 2.65. The zero-order chi connectivity index (χ0) is 24.2. The summed E-state index contributed by atoms with van der Waals surface area (Å²) < 4.78 is 22.1. The molecule has 0 aliphatic heterocycles. The highest BCUT2D eigenvalue weighted by Gasteiger charge is 2.15. The van der Waals surface area contributed by atoms with Crippen molar-refractivity contribution in [2.24, 2.45) is 11.8 Å². The van der Waals surface area contributed by atoms with E-state index in [1.807, 2.05) is 0 Å². The molecule has 2 rings (SSSR count). The van der Waals surface area contributed by atoms with E-state index in [0.717, 1.165) is 12.8 Å². The quantitative estimate of drug-likeness (QED) is 0.348. The van der Waals surface area contributed by atoms with Crippen LogP contribution in [-0.4, -0.2) is 37.9 Å². The van der Waals surface area contributed by atoms with Crippen LogP contribution < -0.4 is 9.47 Å². The summed E-state index contributed by atoms with van der Waals surface area (Å²) in [5.74, 6) is 1.42. The summed E-state index contributed by atoms with van der Waals surface area (Å²) in [5, 5.41) is 0. The Balaban J connectivity index is 1.77. The molecule has 6 heteroatoms. The minimum atomic E-state index is -0.582. The van der Waals surface area contributed by atoms with Gasteiger partial charge in [0.15, 0.2) is 0 Å². The van der Waals surface area contributed by atoms with E-state index in [0.29, 0.717) is 47.7 Å². The van der Waals surface area contributed by atoms with Crippen molar-refractivity contribution in [3.63, 3.8) is 0 Å². The summed E-state index contributed by atoms with van der Waals surface area (Å²) >= 11 is 0. The normalized spacial score (nSPS) is 13.5. The lowest BCUT2D eigenvalue weighted by Gasteiger charge is -2.15. The standard InChI is InChI=1S/C27H36O6/c1-6-19(3)16-30-24-12-8-22(9-13-24)26(28)32-18-21(5)33-27(29)23-10-14-25(15-11-23)31-17-20(4)7-2/h8-15,19-21H,6-7,16-18H2,1-5H3/t19-,20-,21?/m1/s1. The van der Waals surface area contributed by atoms with E-state index in [1.165, 1.54) is 0 Å². The van der Waals surface area contributed by atoms with Gasteiger partial charge in [0, 0.05) is 0 Å². The first kappa shape index (κ1) is 26.2. The Morgan fingerprint density at radius 1 is 0.667 bits per heavy atom. The van der Waals surface area contributed by atoms with Crippen LogP contribution in [0.2, 0.25) is 0 Å². The molecule has 180 valence electrons. The van der Waals surface area contributed by atoms with Crippen LogP contribution in [0.3, 0.4) is 0 Å². The molecular formula is C27H36O6. The second kappa shape index (κ2) is 13.5. The lowest BCUT2D eigenvalue weighted by Crippen LogP contribution is -2.22. The summed E-state index contributed by atoms with van der Waals surface area (Å²) in [4.78, 5) is 24.6. The second-order valence-corrected chi connectivity index (χ2v) is 8.51. The molecule has 0 saturated heterocycles. The number of hydrogen-bond acceptors (Lipinski definition) is 6. The minimum Gasteiger partial charge on any atom is -0.493 e. The predicted molar refractivity (Wildman–Crippen MR) is 128 cm³/mol. The molecule has 0 aromatic heterocycles. The molecule has 0 saturated carbocycles. The molecule has 1 unspecified atom stereocenters. The topological polar surface area (TPSA) is 71.1 Å². The first-order chi connectivity index (χ1) is 15.8. The van der Waals surface area contributed by atoms with Gasteiger partial charge >= 0.3 is 11.9 Å². The van der Waals surface area contributed by atoms with E-state index in [9.17, 15) is 9.59 Å². The monoisotopic (exact) mass is 456 g/mol. The molecule has 0 aliphatic rings. The van der Waals surface area contributed by atoms with Gasteiger partial charge in [-0.05, 0) is 67.3 Å². The summed E-state index contributed by atoms with van der Waals surface area (Å²) in [6.07, 6.45) is 1.51. The molecule has 6 nitrogen and oxygen atoms in total. The molecule has 0 N–H and O–H groups in total. The van der Waals surface area contributed by atoms with Gasteiger partial charge in [0.1, 0.15) is 24.2 Å². The first-order valence-corrected chi connectivity index (χ1v) is 11.7. The van der Waals surface area contributed by atoms with Crippen LogP contribution in [0.4, 0.5) is 0 Å². The van der Waals surface area contributed by atoms with Crippen molar-refractivity contribution in [2.45, 2.75) is 53.6 Å². The van der Waals surface area contributed by atoms with Crippen LogP contribution in [-0.2, 0) is 9.47 Å². The van der Waals surface area contributed by atoms with E-state index in [4.69, 9.17) is 18.9 Å². The molecule has 0 amide bonds. The zero-order valence-corrected chi connectivity index (χ0v) is 20.3. The van der Waals surface area contributed by atoms with Gasteiger partial charge in [0.25, 0.3) is 0 Å². The molecule has 0 radical (unpaired) electrons. The number of benzene rings is 2. The van der Waals surface area contributed by atoms with Gasteiger partial charge in [-0.1, -0.05) is 40.5 Å². The Kier molecular flexibility index (Phi) is 10.7. The SMILES string of the molecule is CC[C@@H](C)COc1ccc(C(=O)OCC(C)OC(=O)c2ccc(OC[C@H](C)CC)cc2)cc1. The van der Waals surface area contributed by atoms with Gasteiger partial charge in [-0.2, -0.15) is 0 Å². The van der Waals surface area contributed by atoms with Crippen LogP contribution >= 0.6 is 0 Å². The van der Waals surface area contributed by atoms with Gasteiger partial charge in [-0.25, -0.2) is 9.59 Å². The van der Waals surface area contributed by atoms with Crippen LogP contribution in [0, 0.1) is 11.8 Å². The van der Waals surface area contributed by atoms with Gasteiger partial charge in [-0.3, -0.25) is 0 Å². The van der Waals surface area contributed by atoms with E-state index in [1.54, 1.807) is 55.5 Å². The van der Waals surface area contributed by atoms with Crippen LogP contribution in [0.25, 0.3) is 0 Å². The molecule has 0 fully saturated rings. The number of ether oxygens (including phenoxy) is 4. The third-order valence-electron chi connectivity index (χ3n) is 5.40. The summed E-state index contributed by atoms with van der Waals surface area (Å²) in [5.41, 5.74) is 0.828. The van der Waals surface area contributed by atoms with E-state index >= 15 is 0 Å². The fourth-order valence-electron chi connectivity index (χ4n) is 2.65. The molecule has 33 heavy (non-hydrogen) atoms. The molecule has 0 heterocycles. The summed E-state index contributed by atoms with van der Waals surface area (Å²) in [6, 6.07) is 13.7. The van der Waals surface area contributed by atoms with Crippen molar-refractivity contribution in [1.82, 2.24) is 0 Å². The van der Waals surface area contributed by atoms with Crippen LogP contribution in [0.15, 0.2) is 48.5 Å². The molecule has 2 aromatic rings. The van der Waals surface area contributed by atoms with E-state index < -0.39 is 18.0 Å². The maximum atomic E-state index is 12.3. The zero-order valence-electron chi connectivity index (χ0n) is 20.3. The van der Waals surface area contributed by atoms with Crippen molar-refractivity contribution in [1.29, 1.82) is 0 Å². The van der Waals surface area contributed by atoms with Crippen LogP contribution in [0.5, 0.6) is 11.5 Å². The number of hydrogen-bond donors (Lipinski definition) is 0. The van der Waals surface area contributed by atoms with E-state index in [2.05, 4.69) is 27.7 Å². The number of esters is 2. The van der Waals surface area contributed by atoms with Crippen molar-refractivity contribution < 1.29 is 28.5 Å². The fraction of sp³-hybridized carbons (Fsp3) is 0.481. The third-order valence-corrected chi connectivity index (χ3v) is 5.40. The predicted octanol–water partition coefficient (Wildman–Crippen LogP) is 5.94. The molecular weight excluding hydrogens is 420 g/mol. The maximum absolute atomic E-state index is 12.3. The molecule has 3 atom stereocenters. The Morgan fingerprint density at radius 2 is 1.09 bits per heavy atom. The highest BCUT2D eigenvalue weighted by Crippen LogP contribution is 2.17. The van der Waals surface area contributed by atoms with Gasteiger partial charge < -0.3 is 18.9 Å². The Morgan fingerprint density at radius 3 is 1.52 bits per heavy atom. The van der Waals surface area contributed by atoms with Gasteiger partial charge in [-0.15, -0.1) is 0 Å².